The molecule has 0 radical (unpaired) electrons. The van der Waals surface area contributed by atoms with Crippen molar-refractivity contribution in [3.63, 3.8) is 0 Å². The Balaban J connectivity index is 1.38. The van der Waals surface area contributed by atoms with E-state index < -0.39 is 20.2 Å². The van der Waals surface area contributed by atoms with E-state index in [1.807, 2.05) is 45.0 Å². The molecule has 0 saturated heterocycles. The molecule has 0 amide bonds. The Bertz CT molecular complexity index is 2370. The van der Waals surface area contributed by atoms with Crippen LogP contribution in [0, 0.1) is 0 Å². The predicted octanol–water partition coefficient (Wildman–Crippen LogP) is 8.55. The molecule has 1 aliphatic rings. The van der Waals surface area contributed by atoms with Crippen molar-refractivity contribution >= 4 is 86.9 Å². The highest BCUT2D eigenvalue weighted by Gasteiger charge is 2.33. The van der Waals surface area contributed by atoms with Crippen LogP contribution in [0.5, 0.6) is 0 Å². The number of quaternary nitrogens is 1. The van der Waals surface area contributed by atoms with Crippen LogP contribution >= 0.6 is 23.1 Å². The normalized spacial score (nSPS) is 15.1. The maximum Gasteiger partial charge on any atom is 0.314 e. The zero-order valence-corrected chi connectivity index (χ0v) is 33.4. The number of nitrogens with zero attached hydrogens (tertiary/aromatic N) is 3. The van der Waals surface area contributed by atoms with Gasteiger partial charge < -0.3 is 4.90 Å². The van der Waals surface area contributed by atoms with Gasteiger partial charge in [-0.25, -0.2) is 0 Å². The van der Waals surface area contributed by atoms with Gasteiger partial charge >= 0.3 is 10.1 Å². The van der Waals surface area contributed by atoms with E-state index in [0.717, 1.165) is 64.4 Å². The van der Waals surface area contributed by atoms with Gasteiger partial charge in [0.25, 0.3) is 15.1 Å². The van der Waals surface area contributed by atoms with Crippen molar-refractivity contribution in [2.75, 3.05) is 42.6 Å². The Morgan fingerprint density at radius 2 is 1.50 bits per heavy atom. The lowest BCUT2D eigenvalue weighted by Crippen LogP contribution is -2.49. The summed E-state index contributed by atoms with van der Waals surface area (Å²) in [7, 11) is -7.87. The molecule has 9 nitrogen and oxygen atoms in total. The van der Waals surface area contributed by atoms with Crippen molar-refractivity contribution in [3.05, 3.63) is 94.5 Å². The van der Waals surface area contributed by atoms with E-state index in [9.17, 15) is 21.4 Å². The molecule has 276 valence electrons. The molecule has 0 unspecified atom stereocenters. The van der Waals surface area contributed by atoms with Crippen LogP contribution in [0.4, 0.5) is 5.69 Å². The number of hydrogen-bond donors (Lipinski definition) is 1. The lowest BCUT2D eigenvalue weighted by molar-refractivity contribution is -1.08. The largest absolute Gasteiger partial charge is 0.334 e. The van der Waals surface area contributed by atoms with Crippen LogP contribution in [0.25, 0.3) is 37.8 Å². The number of fused-ring (bicyclic) bond motifs is 6. The summed E-state index contributed by atoms with van der Waals surface area (Å²) in [5, 5.41) is 6.43. The van der Waals surface area contributed by atoms with Gasteiger partial charge in [0, 0.05) is 29.3 Å². The summed E-state index contributed by atoms with van der Waals surface area (Å²) in [5.41, 5.74) is 3.21. The Morgan fingerprint density at radius 3 is 2.17 bits per heavy atom. The molecule has 5 aromatic rings. The third kappa shape index (κ3) is 8.41. The second-order valence-electron chi connectivity index (χ2n) is 13.0. The molecule has 0 saturated carbocycles. The second kappa shape index (κ2) is 16.0. The first-order valence-electron chi connectivity index (χ1n) is 17.9. The van der Waals surface area contributed by atoms with Gasteiger partial charge in [-0.05, 0) is 74.2 Å². The standard InChI is InChI=1S/C39H46N3O6S4/c1-5-29(27-36-40(23-13-25-51(43,44)45)38-32-17-11-9-15-30(32)19-21-34(38)49-36)28-37-41(24-14-26-52(46,47)48-42(6-2,7-3)8-4)39-33-18-12-10-16-31(33)20-22-35(39)50-37/h9-12,15-22,27-28H,5-8,13-14,23-26H2,1-4H3/q+1/p+1. The fourth-order valence-corrected chi connectivity index (χ4v) is 11.1. The summed E-state index contributed by atoms with van der Waals surface area (Å²) in [6, 6.07) is 25.0. The zero-order valence-electron chi connectivity index (χ0n) is 30.1. The molecular weight excluding hydrogens is 735 g/mol. The van der Waals surface area contributed by atoms with Crippen LogP contribution in [-0.4, -0.2) is 63.7 Å². The molecule has 1 N–H and O–H groups in total. The van der Waals surface area contributed by atoms with Crippen molar-refractivity contribution in [1.29, 1.82) is 0 Å². The number of thiazole rings is 1. The Morgan fingerprint density at radius 1 is 0.846 bits per heavy atom. The molecule has 0 fully saturated rings. The van der Waals surface area contributed by atoms with Crippen LogP contribution in [-0.2, 0) is 31.1 Å². The van der Waals surface area contributed by atoms with Crippen LogP contribution in [0.2, 0.25) is 0 Å². The first-order chi connectivity index (χ1) is 24.9. The van der Waals surface area contributed by atoms with E-state index in [2.05, 4.69) is 77.1 Å². The lowest BCUT2D eigenvalue weighted by atomic mass is 10.1. The minimum absolute atomic E-state index is 0.0779. The monoisotopic (exact) mass is 781 g/mol. The molecule has 13 heteroatoms. The molecule has 0 spiro atoms. The minimum Gasteiger partial charge on any atom is -0.334 e. The van der Waals surface area contributed by atoms with Gasteiger partial charge in [-0.3, -0.25) is 4.55 Å². The summed E-state index contributed by atoms with van der Waals surface area (Å²) in [4.78, 5) is 3.37. The van der Waals surface area contributed by atoms with E-state index in [1.54, 1.807) is 23.1 Å². The Kier molecular flexibility index (Phi) is 11.8. The second-order valence-corrected chi connectivity index (χ2v) is 18.4. The third-order valence-corrected chi connectivity index (χ3v) is 14.1. The van der Waals surface area contributed by atoms with Crippen LogP contribution in [0.15, 0.2) is 94.4 Å². The lowest BCUT2D eigenvalue weighted by Gasteiger charge is -2.31. The molecule has 52 heavy (non-hydrogen) atoms. The average molecular weight is 782 g/mol. The van der Waals surface area contributed by atoms with E-state index in [1.165, 1.54) is 0 Å². The number of benzene rings is 4. The van der Waals surface area contributed by atoms with Crippen molar-refractivity contribution in [2.45, 2.75) is 58.4 Å². The number of rotatable bonds is 16. The number of thioether (sulfide) groups is 1. The highest BCUT2D eigenvalue weighted by Crippen LogP contribution is 2.50. The quantitative estimate of drug-likeness (QED) is 0.0460. The van der Waals surface area contributed by atoms with Gasteiger partial charge in [0.1, 0.15) is 24.3 Å². The molecule has 0 atom stereocenters. The number of allylic oxidation sites excluding steroid dienone is 2. The van der Waals surface area contributed by atoms with Gasteiger partial charge in [-0.15, -0.1) is 0 Å². The number of aryl methyl sites for hydroxylation is 1. The fourth-order valence-electron chi connectivity index (χ4n) is 6.88. The number of hydroxylamine groups is 3. The first-order valence-corrected chi connectivity index (χ1v) is 22.7. The highest BCUT2D eigenvalue weighted by molar-refractivity contribution is 8.03. The van der Waals surface area contributed by atoms with Crippen LogP contribution in [0.3, 0.4) is 0 Å². The number of anilines is 1. The Labute approximate surface area is 315 Å². The summed E-state index contributed by atoms with van der Waals surface area (Å²) < 4.78 is 68.4. The smallest absolute Gasteiger partial charge is 0.314 e. The van der Waals surface area contributed by atoms with Gasteiger partial charge in [-0.2, -0.15) is 26.0 Å². The molecule has 0 bridgehead atoms. The summed E-state index contributed by atoms with van der Waals surface area (Å²) in [6.07, 6.45) is 5.78. The molecule has 2 heterocycles. The van der Waals surface area contributed by atoms with E-state index in [4.69, 9.17) is 4.28 Å². The maximum atomic E-state index is 13.2. The van der Waals surface area contributed by atoms with Gasteiger partial charge in [0.05, 0.1) is 27.6 Å². The topological polar surface area (TPSA) is 105 Å². The van der Waals surface area contributed by atoms with Crippen LogP contribution < -0.4 is 9.47 Å². The minimum atomic E-state index is -4.10. The van der Waals surface area contributed by atoms with Crippen LogP contribution in [0.1, 0.15) is 52.0 Å². The fraction of sp³-hybridized carbons (Fsp3) is 0.359. The number of aromatic nitrogens is 1. The third-order valence-electron chi connectivity index (χ3n) is 9.81. The van der Waals surface area contributed by atoms with E-state index in [-0.39, 0.29) is 22.6 Å². The molecule has 6 rings (SSSR count). The maximum absolute atomic E-state index is 13.2. The van der Waals surface area contributed by atoms with E-state index in [0.29, 0.717) is 39.1 Å². The average Bonchev–Trinajstić information content (AvgIpc) is 3.67. The molecule has 0 aliphatic carbocycles. The van der Waals surface area contributed by atoms with Crippen molar-refractivity contribution < 1.29 is 34.9 Å². The summed E-state index contributed by atoms with van der Waals surface area (Å²) >= 11 is 3.34. The van der Waals surface area contributed by atoms with Crippen molar-refractivity contribution in [2.24, 2.45) is 0 Å². The highest BCUT2D eigenvalue weighted by atomic mass is 32.2. The molecule has 1 aromatic heterocycles. The Hall–Kier alpha value is -3.30. The first kappa shape index (κ1) is 38.4. The summed E-state index contributed by atoms with van der Waals surface area (Å²) in [6.45, 7) is 10.6. The molecule has 4 aromatic carbocycles. The van der Waals surface area contributed by atoms with Gasteiger partial charge in [0.15, 0.2) is 6.54 Å². The molecule has 1 aliphatic heterocycles. The van der Waals surface area contributed by atoms with Gasteiger partial charge in [0.2, 0.25) is 5.52 Å². The number of hydrogen-bond acceptors (Lipinski definition) is 8. The molecular formula is C39H47N3O6S4+2. The zero-order chi connectivity index (χ0) is 37.1. The predicted molar refractivity (Wildman–Crippen MR) is 215 cm³/mol. The summed E-state index contributed by atoms with van der Waals surface area (Å²) in [5.74, 6) is -0.402. The SMILES string of the molecule is CCC(/C=C1\Sc2ccc3ccccc3c2N1CCCS(=O)(=O)O[N+](CC)(CC)CC)=C\c1sc2ccc3ccccc3c2[n+]1CCCS(=O)(=O)O. The van der Waals surface area contributed by atoms with Crippen molar-refractivity contribution in [3.8, 4) is 0 Å². The van der Waals surface area contributed by atoms with Crippen molar-refractivity contribution in [1.82, 2.24) is 0 Å². The van der Waals surface area contributed by atoms with E-state index >= 15 is 0 Å². The van der Waals surface area contributed by atoms with Gasteiger partial charge in [-0.1, -0.05) is 88.9 Å².